The number of anilines is 2. The first kappa shape index (κ1) is 24.6. The lowest BCUT2D eigenvalue weighted by molar-refractivity contribution is 0.244. The molecule has 0 saturated carbocycles. The fourth-order valence-electron chi connectivity index (χ4n) is 3.67. The number of aromatic nitrogens is 3. The smallest absolute Gasteiger partial charge is 0.319 e. The number of benzene rings is 1. The molecule has 0 atom stereocenters. The van der Waals surface area contributed by atoms with Gasteiger partial charge in [0.2, 0.25) is 5.95 Å². The number of aromatic amines is 1. The van der Waals surface area contributed by atoms with E-state index in [1.54, 1.807) is 0 Å². The molecule has 2 aromatic rings. The second kappa shape index (κ2) is 12.9. The molecule has 2 amide bonds. The summed E-state index contributed by atoms with van der Waals surface area (Å²) in [7, 11) is 1.97. The van der Waals surface area contributed by atoms with Crippen molar-refractivity contribution in [1.82, 2.24) is 25.8 Å². The van der Waals surface area contributed by atoms with Gasteiger partial charge in [-0.2, -0.15) is 10.1 Å². The maximum absolute atomic E-state index is 11.1. The fourth-order valence-corrected chi connectivity index (χ4v) is 3.77. The quantitative estimate of drug-likeness (QED) is 0.484. The van der Waals surface area contributed by atoms with E-state index in [0.29, 0.717) is 18.4 Å². The first-order chi connectivity index (χ1) is 14.9. The number of piperidine rings is 1. The van der Waals surface area contributed by atoms with Crippen molar-refractivity contribution in [1.29, 1.82) is 0 Å². The van der Waals surface area contributed by atoms with Gasteiger partial charge < -0.3 is 20.9 Å². The molecule has 4 N–H and O–H groups in total. The largest absolute Gasteiger partial charge is 0.388 e. The standard InChI is InChI=1S/C11H18N6OS.C11H17N/c18-11(14-8-19)12-4-1-9-2-5-17(6-3-9)10-13-7-15-16-10;1-8(2)10-7-9(3)5-6-11(10)12-4/h7-9H,1-6H2,(H,13,15,16)(H2,12,14,18,19);5-8,12H,1-4H3. The third-order valence-corrected chi connectivity index (χ3v) is 5.56. The molecular weight excluding hydrogens is 410 g/mol. The molecule has 1 aliphatic rings. The highest BCUT2D eigenvalue weighted by Gasteiger charge is 2.20. The molecule has 0 aliphatic carbocycles. The summed E-state index contributed by atoms with van der Waals surface area (Å²) >= 11 is 4.54. The highest BCUT2D eigenvalue weighted by atomic mass is 32.1. The number of rotatable bonds is 7. The summed E-state index contributed by atoms with van der Waals surface area (Å²) < 4.78 is 0. The normalized spacial score (nSPS) is 13.9. The van der Waals surface area contributed by atoms with Crippen molar-refractivity contribution in [3.8, 4) is 0 Å². The predicted molar refractivity (Wildman–Crippen MR) is 131 cm³/mol. The van der Waals surface area contributed by atoms with Gasteiger partial charge in [0.05, 0.1) is 5.49 Å². The van der Waals surface area contributed by atoms with Gasteiger partial charge in [-0.3, -0.25) is 0 Å². The van der Waals surface area contributed by atoms with E-state index in [9.17, 15) is 4.79 Å². The van der Waals surface area contributed by atoms with Crippen molar-refractivity contribution in [3.63, 3.8) is 0 Å². The zero-order valence-electron chi connectivity index (χ0n) is 18.9. The number of nitrogens with one attached hydrogen (secondary N) is 4. The molecule has 0 unspecified atom stereocenters. The number of amides is 2. The summed E-state index contributed by atoms with van der Waals surface area (Å²) in [6.45, 7) is 9.20. The van der Waals surface area contributed by atoms with Crippen LogP contribution in [0.1, 0.15) is 50.2 Å². The topological polar surface area (TPSA) is 98.0 Å². The molecule has 1 aromatic carbocycles. The molecule has 1 fully saturated rings. The Morgan fingerprint density at radius 3 is 2.68 bits per heavy atom. The zero-order valence-corrected chi connectivity index (χ0v) is 19.8. The van der Waals surface area contributed by atoms with Crippen LogP contribution in [0.25, 0.3) is 0 Å². The van der Waals surface area contributed by atoms with Crippen molar-refractivity contribution in [2.75, 3.05) is 36.9 Å². The lowest BCUT2D eigenvalue weighted by atomic mass is 9.94. The van der Waals surface area contributed by atoms with Crippen LogP contribution in [-0.4, -0.2) is 53.4 Å². The summed E-state index contributed by atoms with van der Waals surface area (Å²) in [6.07, 6.45) is 4.74. The highest BCUT2D eigenvalue weighted by Crippen LogP contribution is 2.24. The Hall–Kier alpha value is -2.68. The molecule has 1 aliphatic heterocycles. The van der Waals surface area contributed by atoms with Crippen LogP contribution in [0, 0.1) is 12.8 Å². The van der Waals surface area contributed by atoms with Crippen molar-refractivity contribution in [2.45, 2.75) is 46.0 Å². The van der Waals surface area contributed by atoms with Gasteiger partial charge in [-0.1, -0.05) is 43.8 Å². The molecule has 1 saturated heterocycles. The molecule has 0 spiro atoms. The molecule has 0 radical (unpaired) electrons. The van der Waals surface area contributed by atoms with Crippen LogP contribution >= 0.6 is 12.2 Å². The molecule has 1 aromatic heterocycles. The van der Waals surface area contributed by atoms with Crippen LogP contribution in [0.4, 0.5) is 16.4 Å². The number of urea groups is 1. The average Bonchev–Trinajstić information content (AvgIpc) is 3.30. The number of aryl methyl sites for hydroxylation is 1. The number of H-pyrrole nitrogens is 1. The molecule has 31 heavy (non-hydrogen) atoms. The number of carbonyl (C=O) groups is 1. The first-order valence-corrected chi connectivity index (χ1v) is 11.3. The molecular formula is C22H35N7OS. The molecule has 8 nitrogen and oxygen atoms in total. The van der Waals surface area contributed by atoms with Crippen LogP contribution in [0.3, 0.4) is 0 Å². The number of carbonyl (C=O) groups excluding carboxylic acids is 1. The van der Waals surface area contributed by atoms with Gasteiger partial charge in [-0.25, -0.2) is 9.89 Å². The van der Waals surface area contributed by atoms with Crippen molar-refractivity contribution >= 4 is 35.4 Å². The molecule has 9 heteroatoms. The summed E-state index contributed by atoms with van der Waals surface area (Å²) in [6, 6.07) is 6.30. The Labute approximate surface area is 190 Å². The number of nitrogens with zero attached hydrogens (tertiary/aromatic N) is 3. The second-order valence-electron chi connectivity index (χ2n) is 8.04. The molecule has 170 valence electrons. The van der Waals surface area contributed by atoms with E-state index in [1.165, 1.54) is 28.6 Å². The van der Waals surface area contributed by atoms with Crippen LogP contribution in [0.15, 0.2) is 24.5 Å². The Kier molecular flexibility index (Phi) is 10.2. The van der Waals surface area contributed by atoms with Crippen LogP contribution < -0.4 is 20.9 Å². The van der Waals surface area contributed by atoms with Crippen LogP contribution in [0.2, 0.25) is 0 Å². The number of thiocarbonyl (C=S) groups is 1. The van der Waals surface area contributed by atoms with Gasteiger partial charge >= 0.3 is 6.03 Å². The van der Waals surface area contributed by atoms with E-state index in [2.05, 4.69) is 87.2 Å². The second-order valence-corrected chi connectivity index (χ2v) is 8.28. The minimum Gasteiger partial charge on any atom is -0.388 e. The number of hydrogen-bond acceptors (Lipinski definition) is 6. The third-order valence-electron chi connectivity index (χ3n) is 5.44. The molecule has 2 heterocycles. The minimum atomic E-state index is -0.228. The predicted octanol–water partition coefficient (Wildman–Crippen LogP) is 3.83. The van der Waals surface area contributed by atoms with E-state index in [4.69, 9.17) is 0 Å². The van der Waals surface area contributed by atoms with Gasteiger partial charge in [-0.05, 0) is 49.7 Å². The summed E-state index contributed by atoms with van der Waals surface area (Å²) in [5.41, 5.74) is 5.19. The molecule has 0 bridgehead atoms. The Bertz CT molecular complexity index is 802. The summed E-state index contributed by atoms with van der Waals surface area (Å²) in [5.74, 6) is 2.08. The highest BCUT2D eigenvalue weighted by molar-refractivity contribution is 7.78. The van der Waals surface area contributed by atoms with Gasteiger partial charge in [0, 0.05) is 32.4 Å². The minimum absolute atomic E-state index is 0.228. The fraction of sp³-hybridized carbons (Fsp3) is 0.545. The Balaban J connectivity index is 0.000000245. The first-order valence-electron chi connectivity index (χ1n) is 10.8. The van der Waals surface area contributed by atoms with Crippen LogP contribution in [0.5, 0.6) is 0 Å². The van der Waals surface area contributed by atoms with Gasteiger partial charge in [0.25, 0.3) is 0 Å². The van der Waals surface area contributed by atoms with Gasteiger partial charge in [-0.15, -0.1) is 0 Å². The summed E-state index contributed by atoms with van der Waals surface area (Å²) in [4.78, 5) is 17.5. The van der Waals surface area contributed by atoms with Crippen molar-refractivity contribution in [3.05, 3.63) is 35.7 Å². The van der Waals surface area contributed by atoms with Gasteiger partial charge in [0.15, 0.2) is 0 Å². The van der Waals surface area contributed by atoms with E-state index in [1.807, 2.05) is 7.05 Å². The van der Waals surface area contributed by atoms with Crippen LogP contribution in [-0.2, 0) is 0 Å². The number of hydrogen-bond donors (Lipinski definition) is 4. The summed E-state index contributed by atoms with van der Waals surface area (Å²) in [5, 5.41) is 15.1. The SMILES string of the molecule is CNc1ccc(C)cc1C(C)C.O=C(NC=S)NCCC1CCN(c2ncn[nH]2)CC1. The van der Waals surface area contributed by atoms with E-state index in [-0.39, 0.29) is 6.03 Å². The van der Waals surface area contributed by atoms with E-state index >= 15 is 0 Å². The van der Waals surface area contributed by atoms with Crippen molar-refractivity contribution in [2.24, 2.45) is 5.92 Å². The average molecular weight is 446 g/mol. The maximum Gasteiger partial charge on any atom is 0.319 e. The van der Waals surface area contributed by atoms with E-state index < -0.39 is 0 Å². The lowest BCUT2D eigenvalue weighted by Crippen LogP contribution is -2.38. The van der Waals surface area contributed by atoms with Crippen molar-refractivity contribution < 1.29 is 4.79 Å². The Morgan fingerprint density at radius 1 is 1.35 bits per heavy atom. The monoisotopic (exact) mass is 445 g/mol. The maximum atomic E-state index is 11.1. The van der Waals surface area contributed by atoms with E-state index in [0.717, 1.165) is 38.3 Å². The zero-order chi connectivity index (χ0) is 22.6. The third kappa shape index (κ3) is 8.16. The van der Waals surface area contributed by atoms with Gasteiger partial charge in [0.1, 0.15) is 6.33 Å². The Morgan fingerprint density at radius 2 is 2.10 bits per heavy atom. The molecule has 3 rings (SSSR count). The lowest BCUT2D eigenvalue weighted by Gasteiger charge is -2.31.